The highest BCUT2D eigenvalue weighted by atomic mass is 32.2. The fourth-order valence-corrected chi connectivity index (χ4v) is 4.62. The van der Waals surface area contributed by atoms with Crippen LogP contribution in [-0.4, -0.2) is 25.1 Å². The van der Waals surface area contributed by atoms with Gasteiger partial charge in [-0.25, -0.2) is 13.4 Å². The summed E-state index contributed by atoms with van der Waals surface area (Å²) in [6.07, 6.45) is 0. The lowest BCUT2D eigenvalue weighted by atomic mass is 10.1. The van der Waals surface area contributed by atoms with E-state index >= 15 is 0 Å². The first-order chi connectivity index (χ1) is 11.8. The zero-order valence-corrected chi connectivity index (χ0v) is 15.4. The van der Waals surface area contributed by atoms with Crippen LogP contribution >= 0.6 is 11.3 Å². The molecule has 25 heavy (non-hydrogen) atoms. The Labute approximate surface area is 149 Å². The molecule has 3 rings (SSSR count). The average Bonchev–Trinajstić information content (AvgIpc) is 2.97. The van der Waals surface area contributed by atoms with Gasteiger partial charge in [0.1, 0.15) is 5.75 Å². The molecule has 6 nitrogen and oxygen atoms in total. The number of hydrogen-bond acceptors (Lipinski definition) is 6. The van der Waals surface area contributed by atoms with Crippen molar-refractivity contribution in [2.24, 2.45) is 0 Å². The zero-order valence-electron chi connectivity index (χ0n) is 13.7. The minimum absolute atomic E-state index is 0.122. The Morgan fingerprint density at radius 2 is 1.88 bits per heavy atom. The summed E-state index contributed by atoms with van der Waals surface area (Å²) in [5, 5.41) is 0.508. The number of nitrogens with zero attached hydrogens (tertiary/aromatic N) is 1. The van der Waals surface area contributed by atoms with E-state index in [0.29, 0.717) is 5.13 Å². The number of rotatable bonds is 5. The maximum atomic E-state index is 12.2. The third-order valence-corrected chi connectivity index (χ3v) is 6.11. The molecule has 0 spiro atoms. The van der Waals surface area contributed by atoms with Gasteiger partial charge in [0.15, 0.2) is 9.84 Å². The maximum absolute atomic E-state index is 12.2. The molecular weight excluding hydrogens is 358 g/mol. The van der Waals surface area contributed by atoms with Crippen molar-refractivity contribution < 1.29 is 13.2 Å². The van der Waals surface area contributed by atoms with E-state index in [0.717, 1.165) is 21.3 Å². The lowest BCUT2D eigenvalue weighted by Crippen LogP contribution is -2.34. The molecule has 0 aliphatic rings. The average molecular weight is 375 g/mol. The van der Waals surface area contributed by atoms with Crippen molar-refractivity contribution in [3.05, 3.63) is 53.6 Å². The summed E-state index contributed by atoms with van der Waals surface area (Å²) in [4.78, 5) is 16.5. The van der Waals surface area contributed by atoms with Crippen molar-refractivity contribution in [2.45, 2.75) is 18.7 Å². The molecule has 0 radical (unpaired) electrons. The predicted molar refractivity (Wildman–Crippen MR) is 99.4 cm³/mol. The van der Waals surface area contributed by atoms with Crippen molar-refractivity contribution >= 4 is 42.4 Å². The Hall–Kier alpha value is -2.45. The summed E-state index contributed by atoms with van der Waals surface area (Å²) in [6, 6.07) is 12.0. The normalized spacial score (nSPS) is 11.4. The molecule has 0 fully saturated rings. The van der Waals surface area contributed by atoms with Crippen LogP contribution in [0.3, 0.4) is 0 Å². The lowest BCUT2D eigenvalue weighted by molar-refractivity contribution is -0.118. The fourth-order valence-electron chi connectivity index (χ4n) is 2.47. The third kappa shape index (κ3) is 3.97. The number of hydrazine groups is 1. The molecule has 0 unspecified atom stereocenters. The number of thiazole rings is 1. The number of carbonyl (C=O) groups excluding carboxylic acids is 1. The Balaban J connectivity index is 1.68. The minimum atomic E-state index is -3.67. The van der Waals surface area contributed by atoms with Crippen LogP contribution in [0.5, 0.6) is 0 Å². The van der Waals surface area contributed by atoms with E-state index in [-0.39, 0.29) is 4.90 Å². The van der Waals surface area contributed by atoms with Gasteiger partial charge < -0.3 is 0 Å². The second-order valence-corrected chi connectivity index (χ2v) is 8.71. The van der Waals surface area contributed by atoms with Gasteiger partial charge in [-0.3, -0.25) is 15.6 Å². The van der Waals surface area contributed by atoms with Crippen molar-refractivity contribution in [1.82, 2.24) is 10.4 Å². The number of benzene rings is 2. The van der Waals surface area contributed by atoms with Gasteiger partial charge in [-0.2, -0.15) is 0 Å². The van der Waals surface area contributed by atoms with E-state index in [1.54, 1.807) is 18.2 Å². The Morgan fingerprint density at radius 1 is 1.16 bits per heavy atom. The summed E-state index contributed by atoms with van der Waals surface area (Å²) in [5.74, 6) is -1.27. The maximum Gasteiger partial charge on any atom is 0.253 e. The van der Waals surface area contributed by atoms with Crippen LogP contribution in [-0.2, 0) is 14.6 Å². The third-order valence-electron chi connectivity index (χ3n) is 3.56. The molecule has 8 heteroatoms. The van der Waals surface area contributed by atoms with Gasteiger partial charge >= 0.3 is 0 Å². The van der Waals surface area contributed by atoms with Gasteiger partial charge in [-0.15, -0.1) is 0 Å². The number of amides is 1. The van der Waals surface area contributed by atoms with Crippen LogP contribution < -0.4 is 10.9 Å². The van der Waals surface area contributed by atoms with Crippen LogP contribution in [0.2, 0.25) is 0 Å². The van der Waals surface area contributed by atoms with E-state index in [1.165, 1.54) is 23.5 Å². The molecule has 0 saturated heterocycles. The van der Waals surface area contributed by atoms with Gasteiger partial charge in [0, 0.05) is 0 Å². The second kappa shape index (κ2) is 6.81. The van der Waals surface area contributed by atoms with Gasteiger partial charge in [0.05, 0.1) is 15.1 Å². The Bertz CT molecular complexity index is 1030. The van der Waals surface area contributed by atoms with Crippen molar-refractivity contribution in [2.75, 3.05) is 11.2 Å². The van der Waals surface area contributed by atoms with Gasteiger partial charge in [0.2, 0.25) is 5.13 Å². The highest BCUT2D eigenvalue weighted by molar-refractivity contribution is 7.92. The molecule has 2 aromatic carbocycles. The van der Waals surface area contributed by atoms with E-state index in [1.807, 2.05) is 26.0 Å². The Morgan fingerprint density at radius 3 is 2.60 bits per heavy atom. The number of fused-ring (bicyclic) bond motifs is 1. The number of hydrogen-bond donors (Lipinski definition) is 2. The van der Waals surface area contributed by atoms with Crippen LogP contribution in [0.15, 0.2) is 47.4 Å². The number of aryl methyl sites for hydroxylation is 2. The summed E-state index contributed by atoms with van der Waals surface area (Å²) in [7, 11) is -3.67. The van der Waals surface area contributed by atoms with Crippen LogP contribution in [0.4, 0.5) is 5.13 Å². The summed E-state index contributed by atoms with van der Waals surface area (Å²) >= 11 is 1.40. The van der Waals surface area contributed by atoms with Crippen molar-refractivity contribution in [3.63, 3.8) is 0 Å². The van der Waals surface area contributed by atoms with Crippen LogP contribution in [0.25, 0.3) is 10.2 Å². The summed E-state index contributed by atoms with van der Waals surface area (Å²) in [5.41, 5.74) is 8.15. The molecule has 1 amide bonds. The lowest BCUT2D eigenvalue weighted by Gasteiger charge is -2.06. The van der Waals surface area contributed by atoms with Crippen LogP contribution in [0.1, 0.15) is 11.1 Å². The molecule has 0 atom stereocenters. The highest BCUT2D eigenvalue weighted by Crippen LogP contribution is 2.28. The van der Waals surface area contributed by atoms with Crippen LogP contribution in [0, 0.1) is 13.8 Å². The molecule has 3 aromatic rings. The SMILES string of the molecule is Cc1cc(C)c2nc(NNC(=O)CS(=O)(=O)c3ccccc3)sc2c1. The topological polar surface area (TPSA) is 88.2 Å². The zero-order chi connectivity index (χ0) is 18.0. The monoisotopic (exact) mass is 375 g/mol. The first-order valence-corrected chi connectivity index (χ1v) is 10.0. The van der Waals surface area contributed by atoms with E-state index in [2.05, 4.69) is 15.8 Å². The fraction of sp³-hybridized carbons (Fsp3) is 0.176. The van der Waals surface area contributed by atoms with Gasteiger partial charge in [-0.05, 0) is 43.2 Å². The van der Waals surface area contributed by atoms with Crippen molar-refractivity contribution in [3.8, 4) is 0 Å². The number of aromatic nitrogens is 1. The number of nitrogens with one attached hydrogen (secondary N) is 2. The number of carbonyl (C=O) groups is 1. The summed E-state index contributed by atoms with van der Waals surface area (Å²) in [6.45, 7) is 3.99. The summed E-state index contributed by atoms with van der Waals surface area (Å²) < 4.78 is 25.4. The van der Waals surface area contributed by atoms with E-state index < -0.39 is 21.5 Å². The van der Waals surface area contributed by atoms with Crippen molar-refractivity contribution in [1.29, 1.82) is 0 Å². The molecule has 2 N–H and O–H groups in total. The molecule has 1 heterocycles. The molecule has 0 aliphatic heterocycles. The standard InChI is InChI=1S/C17H17N3O3S2/c1-11-8-12(2)16-14(9-11)24-17(18-16)20-19-15(21)10-25(22,23)13-6-4-3-5-7-13/h3-9H,10H2,1-2H3,(H,18,20)(H,19,21). The first kappa shape index (κ1) is 17.4. The predicted octanol–water partition coefficient (Wildman–Crippen LogP) is 2.83. The minimum Gasteiger partial charge on any atom is -0.273 e. The van der Waals surface area contributed by atoms with Gasteiger partial charge in [0.25, 0.3) is 5.91 Å². The molecule has 0 aliphatic carbocycles. The molecule has 1 aromatic heterocycles. The van der Waals surface area contributed by atoms with Gasteiger partial charge in [-0.1, -0.05) is 35.6 Å². The second-order valence-electron chi connectivity index (χ2n) is 5.69. The quantitative estimate of drug-likeness (QED) is 0.670. The number of sulfone groups is 1. The van der Waals surface area contributed by atoms with E-state index in [4.69, 9.17) is 0 Å². The molecule has 0 bridgehead atoms. The smallest absolute Gasteiger partial charge is 0.253 e. The first-order valence-electron chi connectivity index (χ1n) is 7.55. The Kier molecular flexibility index (Phi) is 4.73. The van der Waals surface area contributed by atoms with E-state index in [9.17, 15) is 13.2 Å². The highest BCUT2D eigenvalue weighted by Gasteiger charge is 2.19. The molecular formula is C17H17N3O3S2. The molecule has 130 valence electrons. The number of anilines is 1. The molecule has 0 saturated carbocycles. The largest absolute Gasteiger partial charge is 0.273 e.